The highest BCUT2D eigenvalue weighted by Crippen LogP contribution is 2.44. The maximum atomic E-state index is 13.2. The van der Waals surface area contributed by atoms with E-state index in [1.54, 1.807) is 54.0 Å². The van der Waals surface area contributed by atoms with E-state index in [1.807, 2.05) is 6.92 Å². The number of anilines is 1. The number of aliphatic hydroxyl groups excluding tert-OH is 1. The highest BCUT2D eigenvalue weighted by molar-refractivity contribution is 7.14. The van der Waals surface area contributed by atoms with Crippen molar-refractivity contribution in [3.05, 3.63) is 70.7 Å². The molecule has 34 heavy (non-hydrogen) atoms. The molecule has 1 atom stereocenters. The van der Waals surface area contributed by atoms with Crippen LogP contribution in [0.2, 0.25) is 0 Å². The van der Waals surface area contributed by atoms with E-state index < -0.39 is 17.7 Å². The Hall–Kier alpha value is -3.85. The molecule has 1 saturated heterocycles. The number of hydrogen-bond acceptors (Lipinski definition) is 8. The van der Waals surface area contributed by atoms with Gasteiger partial charge >= 0.3 is 5.91 Å². The Morgan fingerprint density at radius 2 is 1.91 bits per heavy atom. The van der Waals surface area contributed by atoms with E-state index in [2.05, 4.69) is 4.98 Å². The summed E-state index contributed by atoms with van der Waals surface area (Å²) >= 11 is 1.22. The Morgan fingerprint density at radius 3 is 2.59 bits per heavy atom. The van der Waals surface area contributed by atoms with E-state index in [1.165, 1.54) is 30.5 Å². The first-order chi connectivity index (χ1) is 16.5. The molecule has 0 radical (unpaired) electrons. The Labute approximate surface area is 201 Å². The molecule has 1 amide bonds. The molecule has 9 heteroatoms. The van der Waals surface area contributed by atoms with Gasteiger partial charge in [-0.15, -0.1) is 11.3 Å². The van der Waals surface area contributed by atoms with Gasteiger partial charge in [0.15, 0.2) is 16.6 Å². The molecule has 0 bridgehead atoms. The normalized spacial score (nSPS) is 17.1. The number of aromatic nitrogens is 1. The van der Waals surface area contributed by atoms with E-state index in [4.69, 9.17) is 14.2 Å². The molecule has 1 aliphatic heterocycles. The number of thiazole rings is 1. The molecule has 1 unspecified atom stereocenters. The molecule has 8 nitrogen and oxygen atoms in total. The van der Waals surface area contributed by atoms with Crippen LogP contribution in [0.4, 0.5) is 5.13 Å². The number of amides is 1. The zero-order chi connectivity index (χ0) is 24.2. The zero-order valence-corrected chi connectivity index (χ0v) is 19.8. The van der Waals surface area contributed by atoms with Crippen LogP contribution in [0.15, 0.2) is 59.6 Å². The van der Waals surface area contributed by atoms with Gasteiger partial charge in [-0.1, -0.05) is 25.1 Å². The number of rotatable bonds is 8. The summed E-state index contributed by atoms with van der Waals surface area (Å²) < 4.78 is 16.4. The van der Waals surface area contributed by atoms with Gasteiger partial charge in [-0.2, -0.15) is 0 Å². The minimum atomic E-state index is -0.911. The fourth-order valence-corrected chi connectivity index (χ4v) is 4.48. The van der Waals surface area contributed by atoms with Crippen molar-refractivity contribution >= 4 is 33.9 Å². The van der Waals surface area contributed by atoms with E-state index in [-0.39, 0.29) is 11.3 Å². The van der Waals surface area contributed by atoms with E-state index in [0.717, 1.165) is 6.42 Å². The number of aliphatic hydroxyl groups is 1. The summed E-state index contributed by atoms with van der Waals surface area (Å²) in [6, 6.07) is 11.0. The lowest BCUT2D eigenvalue weighted by Gasteiger charge is -2.23. The largest absolute Gasteiger partial charge is 0.507 e. The number of nitrogens with zero attached hydrogens (tertiary/aromatic N) is 2. The third-order valence-electron chi connectivity index (χ3n) is 5.37. The van der Waals surface area contributed by atoms with Gasteiger partial charge in [0.25, 0.3) is 5.78 Å². The second-order valence-electron chi connectivity index (χ2n) is 7.47. The predicted octanol–water partition coefficient (Wildman–Crippen LogP) is 4.58. The third kappa shape index (κ3) is 4.22. The van der Waals surface area contributed by atoms with E-state index in [0.29, 0.717) is 40.1 Å². The Balaban J connectivity index is 1.89. The molecule has 3 aromatic rings. The van der Waals surface area contributed by atoms with Gasteiger partial charge in [0.2, 0.25) is 0 Å². The van der Waals surface area contributed by atoms with Crippen LogP contribution >= 0.6 is 11.3 Å². The molecule has 176 valence electrons. The zero-order valence-electron chi connectivity index (χ0n) is 19.0. The first-order valence-corrected chi connectivity index (χ1v) is 11.5. The molecule has 2 aromatic carbocycles. The van der Waals surface area contributed by atoms with Gasteiger partial charge in [-0.05, 0) is 36.2 Å². The topological polar surface area (TPSA) is 98.2 Å². The van der Waals surface area contributed by atoms with Gasteiger partial charge in [0.1, 0.15) is 11.5 Å². The van der Waals surface area contributed by atoms with Crippen LogP contribution in [0, 0.1) is 0 Å². The maximum Gasteiger partial charge on any atom is 0.301 e. The van der Waals surface area contributed by atoms with Crippen molar-refractivity contribution in [2.24, 2.45) is 0 Å². The summed E-state index contributed by atoms with van der Waals surface area (Å²) in [5, 5.41) is 13.3. The minimum Gasteiger partial charge on any atom is -0.507 e. The lowest BCUT2D eigenvalue weighted by Crippen LogP contribution is -2.29. The van der Waals surface area contributed by atoms with Crippen LogP contribution in [-0.2, 0) is 9.59 Å². The molecule has 0 aliphatic carbocycles. The van der Waals surface area contributed by atoms with Crippen LogP contribution in [-0.4, -0.2) is 42.6 Å². The standard InChI is InChI=1S/C25H24N2O6S/c1-4-11-33-17-7-5-6-16(13-17)22(28)20-21(15-8-9-18(31-2)19(14-15)32-3)27(24(30)23(20)29)25-26-10-12-34-25/h5-10,12-14,21,28H,4,11H2,1-3H3. The monoisotopic (exact) mass is 480 g/mol. The molecule has 4 rings (SSSR count). The van der Waals surface area contributed by atoms with Crippen molar-refractivity contribution in [3.63, 3.8) is 0 Å². The third-order valence-corrected chi connectivity index (χ3v) is 6.14. The van der Waals surface area contributed by atoms with Crippen molar-refractivity contribution in [3.8, 4) is 17.2 Å². The SMILES string of the molecule is CCCOc1cccc(C(O)=C2C(=O)C(=O)N(c3nccs3)C2c2ccc(OC)c(OC)c2)c1. The molecular formula is C25H24N2O6S. The fourth-order valence-electron chi connectivity index (χ4n) is 3.81. The van der Waals surface area contributed by atoms with E-state index >= 15 is 0 Å². The van der Waals surface area contributed by atoms with Gasteiger partial charge in [0, 0.05) is 17.1 Å². The van der Waals surface area contributed by atoms with Gasteiger partial charge in [-0.3, -0.25) is 14.5 Å². The number of hydrogen-bond donors (Lipinski definition) is 1. The number of methoxy groups -OCH3 is 2. The Kier molecular flexibility index (Phi) is 6.83. The molecular weight excluding hydrogens is 456 g/mol. The van der Waals surface area contributed by atoms with Crippen molar-refractivity contribution in [2.45, 2.75) is 19.4 Å². The number of ketones is 1. The summed E-state index contributed by atoms with van der Waals surface area (Å²) in [7, 11) is 3.02. The second-order valence-corrected chi connectivity index (χ2v) is 8.35. The van der Waals surface area contributed by atoms with Gasteiger partial charge in [-0.25, -0.2) is 4.98 Å². The smallest absolute Gasteiger partial charge is 0.301 e. The molecule has 1 fully saturated rings. The number of benzene rings is 2. The molecule has 0 saturated carbocycles. The van der Waals surface area contributed by atoms with Crippen molar-refractivity contribution in [1.82, 2.24) is 4.98 Å². The summed E-state index contributed by atoms with van der Waals surface area (Å²) in [5.41, 5.74) is 0.892. The summed E-state index contributed by atoms with van der Waals surface area (Å²) in [4.78, 5) is 31.9. The first-order valence-electron chi connectivity index (χ1n) is 10.7. The molecule has 1 aromatic heterocycles. The van der Waals surface area contributed by atoms with Crippen LogP contribution in [0.3, 0.4) is 0 Å². The lowest BCUT2D eigenvalue weighted by atomic mass is 9.95. The number of carbonyl (C=O) groups is 2. The lowest BCUT2D eigenvalue weighted by molar-refractivity contribution is -0.132. The molecule has 1 N–H and O–H groups in total. The van der Waals surface area contributed by atoms with Gasteiger partial charge < -0.3 is 19.3 Å². The minimum absolute atomic E-state index is 0.0416. The predicted molar refractivity (Wildman–Crippen MR) is 129 cm³/mol. The molecule has 0 spiro atoms. The summed E-state index contributed by atoms with van der Waals surface area (Å²) in [5.74, 6) is -0.373. The van der Waals surface area contributed by atoms with Gasteiger partial charge in [0.05, 0.1) is 32.4 Å². The highest BCUT2D eigenvalue weighted by atomic mass is 32.1. The number of carbonyl (C=O) groups excluding carboxylic acids is 2. The fraction of sp³-hybridized carbons (Fsp3) is 0.240. The van der Waals surface area contributed by atoms with Crippen LogP contribution in [0.5, 0.6) is 17.2 Å². The average molecular weight is 481 g/mol. The highest BCUT2D eigenvalue weighted by Gasteiger charge is 2.48. The summed E-state index contributed by atoms with van der Waals surface area (Å²) in [6.07, 6.45) is 2.38. The molecule has 2 heterocycles. The molecule has 1 aliphatic rings. The summed E-state index contributed by atoms with van der Waals surface area (Å²) in [6.45, 7) is 2.51. The van der Waals surface area contributed by atoms with Crippen molar-refractivity contribution < 1.29 is 28.9 Å². The number of ether oxygens (including phenoxy) is 3. The number of Topliss-reactive ketones (excluding diaryl/α,β-unsaturated/α-hetero) is 1. The quantitative estimate of drug-likeness (QED) is 0.286. The van der Waals surface area contributed by atoms with E-state index in [9.17, 15) is 14.7 Å². The first kappa shape index (κ1) is 23.3. The van der Waals surface area contributed by atoms with Crippen LogP contribution in [0.1, 0.15) is 30.5 Å². The second kappa shape index (κ2) is 9.96. The maximum absolute atomic E-state index is 13.2. The van der Waals surface area contributed by atoms with Crippen molar-refractivity contribution in [1.29, 1.82) is 0 Å². The average Bonchev–Trinajstić information content (AvgIpc) is 3.48. The van der Waals surface area contributed by atoms with Crippen molar-refractivity contribution in [2.75, 3.05) is 25.7 Å². The Morgan fingerprint density at radius 1 is 1.12 bits per heavy atom. The van der Waals surface area contributed by atoms with Crippen LogP contribution < -0.4 is 19.1 Å². The Bertz CT molecular complexity index is 1240. The van der Waals surface area contributed by atoms with Crippen LogP contribution in [0.25, 0.3) is 5.76 Å².